The molecule has 0 saturated carbocycles. The van der Waals surface area contributed by atoms with Crippen LogP contribution in [0.2, 0.25) is 0 Å². The molecule has 0 spiro atoms. The van der Waals surface area contributed by atoms with Gasteiger partial charge in [0.2, 0.25) is 0 Å². The number of aliphatic carboxylic acids is 1. The van der Waals surface area contributed by atoms with Crippen LogP contribution in [-0.4, -0.2) is 28.6 Å². The van der Waals surface area contributed by atoms with E-state index >= 15 is 0 Å². The third-order valence-electron chi connectivity index (χ3n) is 4.02. The van der Waals surface area contributed by atoms with Crippen LogP contribution in [-0.2, 0) is 4.79 Å². The first kappa shape index (κ1) is 16.0. The zero-order chi connectivity index (χ0) is 15.6. The van der Waals surface area contributed by atoms with Gasteiger partial charge in [0.1, 0.15) is 11.7 Å². The Bertz CT molecular complexity index is 564. The first-order chi connectivity index (χ1) is 9.93. The molecule has 0 aliphatic carbocycles. The van der Waals surface area contributed by atoms with Crippen molar-refractivity contribution < 1.29 is 14.8 Å². The quantitative estimate of drug-likeness (QED) is 0.473. The van der Waals surface area contributed by atoms with E-state index in [9.17, 15) is 20.0 Å². The Balaban J connectivity index is 2.40. The van der Waals surface area contributed by atoms with Crippen LogP contribution in [0.15, 0.2) is 18.2 Å². The lowest BCUT2D eigenvalue weighted by Crippen LogP contribution is -2.47. The predicted octanol–water partition coefficient (Wildman–Crippen LogP) is 3.28. The van der Waals surface area contributed by atoms with Gasteiger partial charge in [-0.25, -0.2) is 4.79 Å². The van der Waals surface area contributed by atoms with E-state index in [1.54, 1.807) is 17.0 Å². The van der Waals surface area contributed by atoms with E-state index in [2.05, 4.69) is 0 Å². The third kappa shape index (κ3) is 3.45. The number of anilines is 1. The van der Waals surface area contributed by atoms with E-state index in [1.165, 1.54) is 6.07 Å². The molecule has 1 aliphatic heterocycles. The second kappa shape index (κ2) is 6.59. The molecule has 2 unspecified atom stereocenters. The fourth-order valence-corrected chi connectivity index (χ4v) is 3.29. The number of nitro benzene ring substituents is 1. The number of carbonyl (C=O) groups is 1. The summed E-state index contributed by atoms with van der Waals surface area (Å²) in [5, 5.41) is 20.7. The number of hydrogen-bond donors (Lipinski definition) is 1. The van der Waals surface area contributed by atoms with Gasteiger partial charge in [-0.3, -0.25) is 10.1 Å². The molecule has 1 aromatic rings. The number of nitro groups is 1. The van der Waals surface area contributed by atoms with Crippen molar-refractivity contribution in [2.24, 2.45) is 5.92 Å². The predicted molar refractivity (Wildman–Crippen MR) is 87.6 cm³/mol. The Kier molecular flexibility index (Phi) is 5.02. The first-order valence-corrected chi connectivity index (χ1v) is 7.95. The first-order valence-electron chi connectivity index (χ1n) is 6.87. The Morgan fingerprint density at radius 2 is 2.29 bits per heavy atom. The molecule has 1 N–H and O–H groups in total. The van der Waals surface area contributed by atoms with Crippen LogP contribution >= 0.6 is 22.6 Å². The van der Waals surface area contributed by atoms with E-state index in [0.29, 0.717) is 24.6 Å². The van der Waals surface area contributed by atoms with E-state index in [0.717, 1.165) is 16.4 Å². The van der Waals surface area contributed by atoms with Crippen LogP contribution in [0.1, 0.15) is 26.2 Å². The fraction of sp³-hybridized carbons (Fsp3) is 0.500. The number of halogens is 1. The summed E-state index contributed by atoms with van der Waals surface area (Å²) in [6, 6.07) is 4.22. The molecule has 6 nitrogen and oxygen atoms in total. The molecule has 0 radical (unpaired) electrons. The summed E-state index contributed by atoms with van der Waals surface area (Å²) in [6.45, 7) is 2.59. The van der Waals surface area contributed by atoms with Gasteiger partial charge >= 0.3 is 5.97 Å². The molecule has 2 rings (SSSR count). The normalized spacial score (nSPS) is 22.1. The van der Waals surface area contributed by atoms with Crippen molar-refractivity contribution in [1.82, 2.24) is 0 Å². The summed E-state index contributed by atoms with van der Waals surface area (Å²) >= 11 is 2.01. The number of nitrogens with zero attached hydrogens (tertiary/aromatic N) is 2. The minimum atomic E-state index is -0.916. The Labute approximate surface area is 136 Å². The molecule has 7 heteroatoms. The molecule has 1 saturated heterocycles. The summed E-state index contributed by atoms with van der Waals surface area (Å²) < 4.78 is 0.762. The molecule has 21 heavy (non-hydrogen) atoms. The number of hydrogen-bond acceptors (Lipinski definition) is 4. The van der Waals surface area contributed by atoms with Crippen LogP contribution in [0.25, 0.3) is 0 Å². The van der Waals surface area contributed by atoms with Gasteiger partial charge in [0.05, 0.1) is 4.92 Å². The van der Waals surface area contributed by atoms with Crippen molar-refractivity contribution in [3.05, 3.63) is 31.9 Å². The zero-order valence-electron chi connectivity index (χ0n) is 11.7. The van der Waals surface area contributed by atoms with Gasteiger partial charge in [0, 0.05) is 16.2 Å². The van der Waals surface area contributed by atoms with E-state index in [1.807, 2.05) is 29.5 Å². The largest absolute Gasteiger partial charge is 0.480 e. The number of carboxylic acid groups (broad SMARTS) is 1. The van der Waals surface area contributed by atoms with E-state index in [4.69, 9.17) is 0 Å². The highest BCUT2D eigenvalue weighted by Crippen LogP contribution is 2.36. The Hall–Kier alpha value is -1.38. The van der Waals surface area contributed by atoms with Gasteiger partial charge in [-0.05, 0) is 53.5 Å². The summed E-state index contributed by atoms with van der Waals surface area (Å²) in [5.41, 5.74) is 0.380. The highest BCUT2D eigenvalue weighted by atomic mass is 127. The maximum atomic E-state index is 11.5. The molecule has 0 amide bonds. The lowest BCUT2D eigenvalue weighted by Gasteiger charge is -2.38. The van der Waals surface area contributed by atoms with E-state index in [-0.39, 0.29) is 5.69 Å². The molecule has 1 fully saturated rings. The van der Waals surface area contributed by atoms with Crippen LogP contribution in [0.4, 0.5) is 11.4 Å². The summed E-state index contributed by atoms with van der Waals surface area (Å²) in [4.78, 5) is 24.0. The van der Waals surface area contributed by atoms with Crippen molar-refractivity contribution in [3.63, 3.8) is 0 Å². The monoisotopic (exact) mass is 404 g/mol. The van der Waals surface area contributed by atoms with Gasteiger partial charge in [-0.2, -0.15) is 0 Å². The minimum absolute atomic E-state index is 0.0249. The standard InChI is InChI=1S/C14H17IN2O4/c1-2-9-5-6-16(13(7-9)14(18)19)11-4-3-10(15)8-12(11)17(20)21/h3-4,8-9,13H,2,5-7H2,1H3,(H,18,19). The van der Waals surface area contributed by atoms with Crippen LogP contribution < -0.4 is 4.90 Å². The zero-order valence-corrected chi connectivity index (χ0v) is 13.8. The molecule has 0 bridgehead atoms. The van der Waals surface area contributed by atoms with E-state index < -0.39 is 16.9 Å². The van der Waals surface area contributed by atoms with Crippen LogP contribution in [0.5, 0.6) is 0 Å². The van der Waals surface area contributed by atoms with Crippen LogP contribution in [0.3, 0.4) is 0 Å². The van der Waals surface area contributed by atoms with Crippen molar-refractivity contribution in [2.75, 3.05) is 11.4 Å². The number of piperidine rings is 1. The highest BCUT2D eigenvalue weighted by molar-refractivity contribution is 14.1. The molecule has 114 valence electrons. The second-order valence-corrected chi connectivity index (χ2v) is 6.48. The topological polar surface area (TPSA) is 83.7 Å². The van der Waals surface area contributed by atoms with Crippen molar-refractivity contribution in [1.29, 1.82) is 0 Å². The molecular weight excluding hydrogens is 387 g/mol. The molecule has 2 atom stereocenters. The van der Waals surface area contributed by atoms with Gasteiger partial charge in [0.25, 0.3) is 5.69 Å². The smallest absolute Gasteiger partial charge is 0.326 e. The molecular formula is C14H17IN2O4. The van der Waals surface area contributed by atoms with Crippen molar-refractivity contribution in [2.45, 2.75) is 32.2 Å². The number of carboxylic acids is 1. The van der Waals surface area contributed by atoms with Crippen LogP contribution in [0, 0.1) is 19.6 Å². The number of rotatable bonds is 4. The average Bonchev–Trinajstić information content (AvgIpc) is 2.46. The molecule has 0 aromatic heterocycles. The Morgan fingerprint density at radius 1 is 1.57 bits per heavy atom. The van der Waals surface area contributed by atoms with Gasteiger partial charge in [-0.1, -0.05) is 13.3 Å². The number of benzene rings is 1. The maximum Gasteiger partial charge on any atom is 0.326 e. The Morgan fingerprint density at radius 3 is 2.86 bits per heavy atom. The summed E-state index contributed by atoms with van der Waals surface area (Å²) in [5.74, 6) is -0.550. The second-order valence-electron chi connectivity index (χ2n) is 5.24. The maximum absolute atomic E-state index is 11.5. The fourth-order valence-electron chi connectivity index (χ4n) is 2.82. The lowest BCUT2D eigenvalue weighted by molar-refractivity contribution is -0.384. The molecule has 1 aromatic carbocycles. The average molecular weight is 404 g/mol. The van der Waals surface area contributed by atoms with Gasteiger partial charge < -0.3 is 10.0 Å². The van der Waals surface area contributed by atoms with Gasteiger partial charge in [0.15, 0.2) is 0 Å². The van der Waals surface area contributed by atoms with Crippen molar-refractivity contribution >= 4 is 39.9 Å². The van der Waals surface area contributed by atoms with Crippen molar-refractivity contribution in [3.8, 4) is 0 Å². The molecule has 1 heterocycles. The summed E-state index contributed by atoms with van der Waals surface area (Å²) in [7, 11) is 0. The van der Waals surface area contributed by atoms with Gasteiger partial charge in [-0.15, -0.1) is 0 Å². The lowest BCUT2D eigenvalue weighted by atomic mass is 9.88. The minimum Gasteiger partial charge on any atom is -0.480 e. The SMILES string of the molecule is CCC1CCN(c2ccc(I)cc2[N+](=O)[O-])C(C(=O)O)C1. The third-order valence-corrected chi connectivity index (χ3v) is 4.69. The molecule has 1 aliphatic rings. The summed E-state index contributed by atoms with van der Waals surface area (Å²) in [6.07, 6.45) is 2.34. The highest BCUT2D eigenvalue weighted by Gasteiger charge is 2.35.